The molecule has 1 N–H and O–H groups in total. The van der Waals surface area contributed by atoms with Gasteiger partial charge in [-0.25, -0.2) is 13.8 Å². The molecule has 0 unspecified atom stereocenters. The third-order valence-corrected chi connectivity index (χ3v) is 8.77. The van der Waals surface area contributed by atoms with Crippen molar-refractivity contribution in [3.05, 3.63) is 86.9 Å². The first kappa shape index (κ1) is 25.9. The zero-order valence-electron chi connectivity index (χ0n) is 21.7. The van der Waals surface area contributed by atoms with Crippen molar-refractivity contribution in [1.82, 2.24) is 24.8 Å². The van der Waals surface area contributed by atoms with Gasteiger partial charge in [0.05, 0.1) is 5.56 Å². The Kier molecular flexibility index (Phi) is 6.25. The van der Waals surface area contributed by atoms with Crippen LogP contribution in [0.2, 0.25) is 0 Å². The molecular weight excluding hydrogens is 540 g/mol. The minimum atomic E-state index is -0.752. The van der Waals surface area contributed by atoms with Crippen molar-refractivity contribution in [3.8, 4) is 16.3 Å². The van der Waals surface area contributed by atoms with E-state index in [1.165, 1.54) is 16.9 Å². The fraction of sp³-hybridized carbons (Fsp3) is 0.296. The van der Waals surface area contributed by atoms with Crippen LogP contribution >= 0.6 is 11.3 Å². The van der Waals surface area contributed by atoms with Crippen molar-refractivity contribution in [2.75, 3.05) is 37.1 Å². The number of amides is 1. The number of halogens is 2. The first-order chi connectivity index (χ1) is 19.2. The molecule has 13 heteroatoms. The molecule has 0 radical (unpaired) electrons. The van der Waals surface area contributed by atoms with Crippen molar-refractivity contribution in [2.24, 2.45) is 0 Å². The maximum Gasteiger partial charge on any atom is 0.278 e. The number of pyridine rings is 2. The highest BCUT2D eigenvalue weighted by molar-refractivity contribution is 7.14. The van der Waals surface area contributed by atoms with Crippen LogP contribution in [-0.4, -0.2) is 68.6 Å². The fourth-order valence-electron chi connectivity index (χ4n) is 5.50. The van der Waals surface area contributed by atoms with Gasteiger partial charge in [0.2, 0.25) is 5.43 Å². The maximum absolute atomic E-state index is 14.2. The van der Waals surface area contributed by atoms with E-state index in [-0.39, 0.29) is 28.2 Å². The SMILES string of the molecule is CN1C(=O)c2c(O)c(=O)c(-c3nnc(Cc4ccc(F)cc4F)s3)cn2N(C)C12CCN(c1ccccn1)CC2. The second-order valence-corrected chi connectivity index (χ2v) is 10.9. The molecule has 4 aromatic rings. The summed E-state index contributed by atoms with van der Waals surface area (Å²) in [6, 6.07) is 9.03. The number of carbonyl (C=O) groups is 1. The van der Waals surface area contributed by atoms with E-state index in [0.717, 1.165) is 29.3 Å². The Hall–Kier alpha value is -4.39. The molecular formula is C27H25F2N7O3S. The van der Waals surface area contributed by atoms with E-state index in [0.29, 0.717) is 30.9 Å². The molecule has 2 aliphatic heterocycles. The minimum Gasteiger partial charge on any atom is -0.502 e. The summed E-state index contributed by atoms with van der Waals surface area (Å²) >= 11 is 1.06. The average molecular weight is 566 g/mol. The van der Waals surface area contributed by atoms with Crippen LogP contribution in [0.15, 0.2) is 53.6 Å². The lowest BCUT2D eigenvalue weighted by Crippen LogP contribution is -2.71. The van der Waals surface area contributed by atoms with Crippen LogP contribution < -0.4 is 15.3 Å². The molecule has 5 heterocycles. The largest absolute Gasteiger partial charge is 0.502 e. The van der Waals surface area contributed by atoms with Gasteiger partial charge in [0.15, 0.2) is 16.5 Å². The van der Waals surface area contributed by atoms with Gasteiger partial charge in [0.25, 0.3) is 5.91 Å². The zero-order valence-corrected chi connectivity index (χ0v) is 22.5. The molecule has 1 aromatic carbocycles. The zero-order chi connectivity index (χ0) is 28.2. The van der Waals surface area contributed by atoms with E-state index in [2.05, 4.69) is 20.1 Å². The van der Waals surface area contributed by atoms with E-state index < -0.39 is 34.4 Å². The quantitative estimate of drug-likeness (QED) is 0.403. The van der Waals surface area contributed by atoms with Gasteiger partial charge in [0.1, 0.15) is 28.1 Å². The van der Waals surface area contributed by atoms with Gasteiger partial charge in [-0.05, 0) is 23.8 Å². The predicted molar refractivity (Wildman–Crippen MR) is 145 cm³/mol. The molecule has 10 nitrogen and oxygen atoms in total. The summed E-state index contributed by atoms with van der Waals surface area (Å²) in [7, 11) is 3.50. The number of fused-ring (bicyclic) bond motifs is 1. The van der Waals surface area contributed by atoms with Crippen LogP contribution in [0.25, 0.3) is 10.6 Å². The topological polar surface area (TPSA) is 108 Å². The predicted octanol–water partition coefficient (Wildman–Crippen LogP) is 2.99. The fourth-order valence-corrected chi connectivity index (χ4v) is 6.37. The molecule has 40 heavy (non-hydrogen) atoms. The van der Waals surface area contributed by atoms with E-state index in [1.807, 2.05) is 30.3 Å². The molecule has 1 spiro atoms. The average Bonchev–Trinajstić information content (AvgIpc) is 3.43. The number of rotatable bonds is 4. The highest BCUT2D eigenvalue weighted by atomic mass is 32.1. The third-order valence-electron chi connectivity index (χ3n) is 7.81. The van der Waals surface area contributed by atoms with Crippen LogP contribution in [0, 0.1) is 11.6 Å². The molecule has 0 aliphatic carbocycles. The molecule has 1 fully saturated rings. The number of nitrogens with zero attached hydrogens (tertiary/aromatic N) is 7. The van der Waals surface area contributed by atoms with E-state index in [9.17, 15) is 23.5 Å². The summed E-state index contributed by atoms with van der Waals surface area (Å²) in [5.41, 5.74) is -1.29. The lowest BCUT2D eigenvalue weighted by molar-refractivity contribution is 0.0294. The minimum absolute atomic E-state index is 0.0566. The lowest BCUT2D eigenvalue weighted by atomic mass is 9.92. The summed E-state index contributed by atoms with van der Waals surface area (Å²) in [6.45, 7) is 1.29. The molecule has 1 amide bonds. The Morgan fingerprint density at radius 1 is 1.07 bits per heavy atom. The number of hydrogen-bond acceptors (Lipinski definition) is 9. The van der Waals surface area contributed by atoms with Gasteiger partial charge in [-0.3, -0.25) is 19.3 Å². The number of aromatic hydroxyl groups is 1. The molecule has 2 aliphatic rings. The Balaban J connectivity index is 1.33. The van der Waals surface area contributed by atoms with Gasteiger partial charge in [-0.15, -0.1) is 10.2 Å². The van der Waals surface area contributed by atoms with Crippen LogP contribution in [0.4, 0.5) is 14.6 Å². The van der Waals surface area contributed by atoms with Gasteiger partial charge < -0.3 is 14.9 Å². The van der Waals surface area contributed by atoms with Crippen molar-refractivity contribution >= 4 is 23.1 Å². The third kappa shape index (κ3) is 4.08. The monoisotopic (exact) mass is 565 g/mol. The van der Waals surface area contributed by atoms with E-state index >= 15 is 0 Å². The number of aromatic nitrogens is 4. The summed E-state index contributed by atoms with van der Waals surface area (Å²) in [6.07, 6.45) is 4.49. The Labute approximate surface area is 231 Å². The second kappa shape index (κ2) is 9.66. The molecule has 0 atom stereocenters. The molecule has 1 saturated heterocycles. The normalized spacial score (nSPS) is 16.5. The number of carbonyl (C=O) groups excluding carboxylic acids is 1. The van der Waals surface area contributed by atoms with Crippen molar-refractivity contribution in [3.63, 3.8) is 0 Å². The van der Waals surface area contributed by atoms with E-state index in [4.69, 9.17) is 0 Å². The second-order valence-electron chi connectivity index (χ2n) is 9.87. The molecule has 0 saturated carbocycles. The van der Waals surface area contributed by atoms with Crippen LogP contribution in [0.3, 0.4) is 0 Å². The highest BCUT2D eigenvalue weighted by Crippen LogP contribution is 2.38. The smallest absolute Gasteiger partial charge is 0.278 e. The number of benzene rings is 1. The van der Waals surface area contributed by atoms with Gasteiger partial charge in [-0.1, -0.05) is 23.5 Å². The first-order valence-electron chi connectivity index (χ1n) is 12.6. The number of piperidine rings is 1. The number of hydrogen-bond donors (Lipinski definition) is 1. The lowest BCUT2D eigenvalue weighted by Gasteiger charge is -2.56. The maximum atomic E-state index is 14.2. The van der Waals surface area contributed by atoms with Gasteiger partial charge in [0, 0.05) is 64.9 Å². The number of anilines is 1. The summed E-state index contributed by atoms with van der Waals surface area (Å²) in [5, 5.41) is 21.6. The summed E-state index contributed by atoms with van der Waals surface area (Å²) in [5.74, 6) is -1.66. The Morgan fingerprint density at radius 2 is 1.85 bits per heavy atom. The van der Waals surface area contributed by atoms with Crippen LogP contribution in [0.1, 0.15) is 33.9 Å². The van der Waals surface area contributed by atoms with Crippen molar-refractivity contribution in [2.45, 2.75) is 24.9 Å². The molecule has 3 aromatic heterocycles. The summed E-state index contributed by atoms with van der Waals surface area (Å²) in [4.78, 5) is 34.9. The van der Waals surface area contributed by atoms with E-state index in [1.54, 1.807) is 18.1 Å². The molecule has 206 valence electrons. The molecule has 0 bridgehead atoms. The standard InChI is InChI=1S/C27H25F2N7O3S/c1-33-26(39)22-24(38)23(37)18(25-32-31-21(40-25)13-16-6-7-17(28)14-19(16)29)15-36(22)34(2)27(33)8-11-35(12-9-27)20-5-3-4-10-30-20/h3-7,10,14-15,38H,8-9,11-13H2,1-2H3. The highest BCUT2D eigenvalue weighted by Gasteiger charge is 2.50. The Bertz CT molecular complexity index is 1670. The van der Waals surface area contributed by atoms with Crippen LogP contribution in [-0.2, 0) is 6.42 Å². The van der Waals surface area contributed by atoms with Crippen LogP contribution in [0.5, 0.6) is 5.75 Å². The van der Waals surface area contributed by atoms with Crippen molar-refractivity contribution in [1.29, 1.82) is 0 Å². The van der Waals surface area contributed by atoms with Crippen molar-refractivity contribution < 1.29 is 18.7 Å². The van der Waals surface area contributed by atoms with Gasteiger partial charge >= 0.3 is 0 Å². The summed E-state index contributed by atoms with van der Waals surface area (Å²) < 4.78 is 29.0. The Morgan fingerprint density at radius 3 is 2.55 bits per heavy atom. The van der Waals surface area contributed by atoms with Gasteiger partial charge in [-0.2, -0.15) is 0 Å². The molecule has 6 rings (SSSR count). The first-order valence-corrected chi connectivity index (χ1v) is 13.4.